The molecule has 1 spiro atoms. The standard InChI is InChI=1S/C25H22N6O5/c1-35-22-12-19(26-18-4-3-15(32)11-16(18)22)24(34)31-8-6-25(7-9-31)13-20(33)17-10-14(2-5-21(17)36-25)23-27-29-30-28-23/h2-5,10-12,32H,6-9,13H2,1H3,(H,27,28,29,30). The molecule has 0 saturated carbocycles. The first kappa shape index (κ1) is 22.0. The van der Waals surface area contributed by atoms with E-state index in [1.807, 2.05) is 0 Å². The van der Waals surface area contributed by atoms with Crippen LogP contribution in [-0.2, 0) is 0 Å². The van der Waals surface area contributed by atoms with Crippen LogP contribution in [0.25, 0.3) is 22.3 Å². The number of carbonyl (C=O) groups is 2. The molecule has 6 rings (SSSR count). The maximum Gasteiger partial charge on any atom is 0.272 e. The Morgan fingerprint density at radius 1 is 1.17 bits per heavy atom. The average molecular weight is 486 g/mol. The molecule has 1 saturated heterocycles. The highest BCUT2D eigenvalue weighted by molar-refractivity contribution is 6.01. The lowest BCUT2D eigenvalue weighted by atomic mass is 9.82. The number of piperidine rings is 1. The number of nitrogens with zero attached hydrogens (tertiary/aromatic N) is 5. The Bertz CT molecular complexity index is 1490. The smallest absolute Gasteiger partial charge is 0.272 e. The lowest BCUT2D eigenvalue weighted by Crippen LogP contribution is -2.52. The summed E-state index contributed by atoms with van der Waals surface area (Å²) < 4.78 is 11.8. The Morgan fingerprint density at radius 2 is 2.00 bits per heavy atom. The number of fused-ring (bicyclic) bond motifs is 2. The summed E-state index contributed by atoms with van der Waals surface area (Å²) in [5, 5.41) is 24.3. The predicted molar refractivity (Wildman–Crippen MR) is 127 cm³/mol. The molecule has 1 amide bonds. The first-order valence-electron chi connectivity index (χ1n) is 11.5. The van der Waals surface area contributed by atoms with Crippen molar-refractivity contribution in [2.45, 2.75) is 24.9 Å². The van der Waals surface area contributed by atoms with E-state index in [0.29, 0.717) is 65.3 Å². The number of amides is 1. The SMILES string of the molecule is COc1cc(C(=O)N2CCC3(CC2)CC(=O)c2cc(-c4nn[nH]n4)ccc2O3)nc2ccc(O)cc12. The Hall–Kier alpha value is -4.54. The molecular formula is C25H22N6O5. The van der Waals surface area contributed by atoms with Gasteiger partial charge in [0.1, 0.15) is 28.5 Å². The molecule has 2 aromatic carbocycles. The largest absolute Gasteiger partial charge is 0.508 e. The Morgan fingerprint density at radius 3 is 2.75 bits per heavy atom. The van der Waals surface area contributed by atoms with Gasteiger partial charge in [-0.2, -0.15) is 5.21 Å². The maximum absolute atomic E-state index is 13.3. The van der Waals surface area contributed by atoms with Crippen LogP contribution < -0.4 is 9.47 Å². The van der Waals surface area contributed by atoms with Crippen molar-refractivity contribution in [3.05, 3.63) is 53.7 Å². The molecule has 182 valence electrons. The summed E-state index contributed by atoms with van der Waals surface area (Å²) in [6.45, 7) is 0.861. The molecule has 2 aliphatic heterocycles. The molecule has 0 atom stereocenters. The third kappa shape index (κ3) is 3.69. The molecule has 11 nitrogen and oxygen atoms in total. The number of ether oxygens (including phenoxy) is 2. The third-order valence-electron chi connectivity index (χ3n) is 6.85. The highest BCUT2D eigenvalue weighted by Crippen LogP contribution is 2.41. The minimum absolute atomic E-state index is 0.00874. The van der Waals surface area contributed by atoms with Crippen molar-refractivity contribution in [1.29, 1.82) is 0 Å². The van der Waals surface area contributed by atoms with E-state index in [0.717, 1.165) is 0 Å². The molecule has 0 aliphatic carbocycles. The van der Waals surface area contributed by atoms with Gasteiger partial charge < -0.3 is 19.5 Å². The topological polar surface area (TPSA) is 143 Å². The highest BCUT2D eigenvalue weighted by atomic mass is 16.5. The first-order valence-corrected chi connectivity index (χ1v) is 11.5. The van der Waals surface area contributed by atoms with Crippen LogP contribution in [0.4, 0.5) is 0 Å². The van der Waals surface area contributed by atoms with Crippen molar-refractivity contribution >= 4 is 22.6 Å². The Kier molecular flexibility index (Phi) is 5.06. The summed E-state index contributed by atoms with van der Waals surface area (Å²) >= 11 is 0. The van der Waals surface area contributed by atoms with E-state index in [9.17, 15) is 14.7 Å². The number of H-pyrrole nitrogens is 1. The number of pyridine rings is 1. The normalized spacial score (nSPS) is 16.6. The second-order valence-electron chi connectivity index (χ2n) is 9.03. The van der Waals surface area contributed by atoms with E-state index in [2.05, 4.69) is 25.6 Å². The number of nitrogens with one attached hydrogen (secondary N) is 1. The molecule has 2 aliphatic rings. The first-order chi connectivity index (χ1) is 17.4. The third-order valence-corrected chi connectivity index (χ3v) is 6.85. The molecule has 2 aromatic heterocycles. The van der Waals surface area contributed by atoms with Gasteiger partial charge >= 0.3 is 0 Å². The number of methoxy groups -OCH3 is 1. The van der Waals surface area contributed by atoms with E-state index >= 15 is 0 Å². The van der Waals surface area contributed by atoms with Crippen molar-refractivity contribution < 1.29 is 24.2 Å². The van der Waals surface area contributed by atoms with Crippen LogP contribution in [0.5, 0.6) is 17.2 Å². The fourth-order valence-corrected chi connectivity index (χ4v) is 4.94. The maximum atomic E-state index is 13.3. The molecular weight excluding hydrogens is 464 g/mol. The molecule has 1 fully saturated rings. The zero-order valence-electron chi connectivity index (χ0n) is 19.4. The van der Waals surface area contributed by atoms with E-state index < -0.39 is 5.60 Å². The van der Waals surface area contributed by atoms with Gasteiger partial charge in [0.05, 0.1) is 24.6 Å². The number of rotatable bonds is 3. The molecule has 4 heterocycles. The number of hydrogen-bond acceptors (Lipinski definition) is 9. The lowest BCUT2D eigenvalue weighted by molar-refractivity contribution is -0.00583. The van der Waals surface area contributed by atoms with Crippen LogP contribution in [-0.4, -0.2) is 73.1 Å². The van der Waals surface area contributed by atoms with E-state index in [4.69, 9.17) is 9.47 Å². The summed E-state index contributed by atoms with van der Waals surface area (Å²) in [5.41, 5.74) is 1.35. The Labute approximate surface area is 205 Å². The predicted octanol–water partition coefficient (Wildman–Crippen LogP) is 2.77. The van der Waals surface area contributed by atoms with Crippen molar-refractivity contribution in [2.75, 3.05) is 20.2 Å². The van der Waals surface area contributed by atoms with Gasteiger partial charge in [0.15, 0.2) is 5.78 Å². The zero-order valence-corrected chi connectivity index (χ0v) is 19.4. The number of phenolic OH excluding ortho intramolecular Hbond substituents is 1. The van der Waals surface area contributed by atoms with Crippen LogP contribution in [0.2, 0.25) is 0 Å². The quantitative estimate of drug-likeness (QED) is 0.447. The van der Waals surface area contributed by atoms with Crippen molar-refractivity contribution in [2.24, 2.45) is 0 Å². The average Bonchev–Trinajstić information content (AvgIpc) is 3.43. The van der Waals surface area contributed by atoms with Gasteiger partial charge in [-0.25, -0.2) is 4.98 Å². The monoisotopic (exact) mass is 486 g/mol. The van der Waals surface area contributed by atoms with Crippen molar-refractivity contribution in [1.82, 2.24) is 30.5 Å². The molecule has 0 radical (unpaired) electrons. The summed E-state index contributed by atoms with van der Waals surface area (Å²) in [7, 11) is 1.51. The van der Waals surface area contributed by atoms with E-state index in [1.54, 1.807) is 41.3 Å². The number of likely N-dealkylation sites (tertiary alicyclic amines) is 1. The fourth-order valence-electron chi connectivity index (χ4n) is 4.94. The molecule has 36 heavy (non-hydrogen) atoms. The summed E-state index contributed by atoms with van der Waals surface area (Å²) in [6, 6.07) is 11.6. The number of ketones is 1. The lowest BCUT2D eigenvalue weighted by Gasteiger charge is -2.43. The van der Waals surface area contributed by atoms with Crippen LogP contribution in [0, 0.1) is 0 Å². The van der Waals surface area contributed by atoms with E-state index in [-0.39, 0.29) is 29.6 Å². The number of benzene rings is 2. The van der Waals surface area contributed by atoms with Crippen molar-refractivity contribution in [3.8, 4) is 28.6 Å². The highest BCUT2D eigenvalue weighted by Gasteiger charge is 2.44. The summed E-state index contributed by atoms with van der Waals surface area (Å²) in [4.78, 5) is 32.6. The van der Waals surface area contributed by atoms with Crippen LogP contribution in [0.15, 0.2) is 42.5 Å². The van der Waals surface area contributed by atoms with Crippen LogP contribution >= 0.6 is 0 Å². The number of carbonyl (C=O) groups excluding carboxylic acids is 2. The number of phenols is 1. The van der Waals surface area contributed by atoms with Gasteiger partial charge in [-0.05, 0) is 41.6 Å². The second-order valence-corrected chi connectivity index (χ2v) is 9.03. The minimum atomic E-state index is -0.652. The number of aromatic hydroxyl groups is 1. The van der Waals surface area contributed by atoms with Gasteiger partial charge in [-0.15, -0.1) is 10.2 Å². The van der Waals surface area contributed by atoms with Gasteiger partial charge in [0.25, 0.3) is 5.91 Å². The summed E-state index contributed by atoms with van der Waals surface area (Å²) in [6.07, 6.45) is 1.29. The number of aromatic nitrogens is 5. The molecule has 11 heteroatoms. The molecule has 4 aromatic rings. The van der Waals surface area contributed by atoms with Crippen LogP contribution in [0.3, 0.4) is 0 Å². The van der Waals surface area contributed by atoms with Gasteiger partial charge in [-0.1, -0.05) is 0 Å². The van der Waals surface area contributed by atoms with Crippen LogP contribution in [0.1, 0.15) is 40.1 Å². The Balaban J connectivity index is 1.20. The molecule has 0 unspecified atom stereocenters. The summed E-state index contributed by atoms with van der Waals surface area (Å²) in [5.74, 6) is 1.27. The fraction of sp³-hybridized carbons (Fsp3) is 0.280. The van der Waals surface area contributed by atoms with Gasteiger partial charge in [0, 0.05) is 42.9 Å². The minimum Gasteiger partial charge on any atom is -0.508 e. The second kappa shape index (κ2) is 8.29. The number of tetrazole rings is 1. The molecule has 0 bridgehead atoms. The van der Waals surface area contributed by atoms with Gasteiger partial charge in [-0.3, -0.25) is 9.59 Å². The number of hydrogen-bond donors (Lipinski definition) is 2. The van der Waals surface area contributed by atoms with Crippen molar-refractivity contribution in [3.63, 3.8) is 0 Å². The molecule has 2 N–H and O–H groups in total. The zero-order chi connectivity index (χ0) is 24.9. The number of aromatic amines is 1. The van der Waals surface area contributed by atoms with Gasteiger partial charge in [0.2, 0.25) is 5.82 Å². The number of Topliss-reactive ketones (excluding diaryl/α,β-unsaturated/α-hetero) is 1. The van der Waals surface area contributed by atoms with E-state index in [1.165, 1.54) is 13.2 Å².